The highest BCUT2D eigenvalue weighted by atomic mass is 32.1. The molecule has 0 saturated carbocycles. The molecule has 1 atom stereocenters. The molecule has 0 aliphatic heterocycles. The molecule has 1 aromatic heterocycles. The summed E-state index contributed by atoms with van der Waals surface area (Å²) in [5.41, 5.74) is 0.147. The first-order chi connectivity index (χ1) is 9.90. The van der Waals surface area contributed by atoms with Gasteiger partial charge in [0.05, 0.1) is 16.1 Å². The zero-order valence-electron chi connectivity index (χ0n) is 10.9. The maximum Gasteiger partial charge on any atom is 0.204 e. The zero-order chi connectivity index (χ0) is 15.3. The first-order valence-corrected chi connectivity index (χ1v) is 7.12. The first kappa shape index (κ1) is 14.1. The van der Waals surface area contributed by atoms with E-state index in [1.54, 1.807) is 6.92 Å². The van der Waals surface area contributed by atoms with Gasteiger partial charge in [0.25, 0.3) is 0 Å². The lowest BCUT2D eigenvalue weighted by atomic mass is 9.92. The number of aromatic hydroxyl groups is 1. The number of aromatic nitrogens is 1. The summed E-state index contributed by atoms with van der Waals surface area (Å²) in [6.07, 6.45) is 1.22. The third kappa shape index (κ3) is 2.12. The lowest BCUT2D eigenvalue weighted by Gasteiger charge is -2.14. The van der Waals surface area contributed by atoms with Crippen molar-refractivity contribution in [2.45, 2.75) is 19.8 Å². The molecule has 0 amide bonds. The highest BCUT2D eigenvalue weighted by molar-refractivity contribution is 7.17. The van der Waals surface area contributed by atoms with E-state index in [4.69, 9.17) is 5.11 Å². The van der Waals surface area contributed by atoms with Gasteiger partial charge in [-0.25, -0.2) is 13.8 Å². The van der Waals surface area contributed by atoms with Gasteiger partial charge in [-0.15, -0.1) is 11.3 Å². The molecule has 110 valence electrons. The molecule has 1 N–H and O–H groups in total. The van der Waals surface area contributed by atoms with Crippen LogP contribution in [0, 0.1) is 23.4 Å². The predicted molar refractivity (Wildman–Crippen MR) is 70.9 cm³/mol. The monoisotopic (exact) mass is 313 g/mol. The van der Waals surface area contributed by atoms with E-state index in [1.807, 2.05) is 0 Å². The van der Waals surface area contributed by atoms with Crippen LogP contribution in [0.15, 0.2) is 6.07 Å². The van der Waals surface area contributed by atoms with Crippen molar-refractivity contribution in [1.29, 1.82) is 0 Å². The number of hydrogen-bond acceptors (Lipinski definition) is 4. The molecule has 0 spiro atoms. The Morgan fingerprint density at radius 3 is 2.76 bits per heavy atom. The Kier molecular flexibility index (Phi) is 3.24. The molecule has 1 aromatic carbocycles. The summed E-state index contributed by atoms with van der Waals surface area (Å²) < 4.78 is 40.6. The number of Topliss-reactive ketones (excluding diaryl/α,β-unsaturated/α-hetero) is 1. The van der Waals surface area contributed by atoms with E-state index in [2.05, 4.69) is 4.98 Å². The quantitative estimate of drug-likeness (QED) is 0.817. The number of ketones is 1. The third-order valence-corrected chi connectivity index (χ3v) is 4.69. The Bertz CT molecular complexity index is 757. The number of aryl methyl sites for hydroxylation is 1. The van der Waals surface area contributed by atoms with Crippen molar-refractivity contribution in [2.75, 3.05) is 0 Å². The zero-order valence-corrected chi connectivity index (χ0v) is 11.7. The van der Waals surface area contributed by atoms with E-state index in [0.717, 1.165) is 11.3 Å². The summed E-state index contributed by atoms with van der Waals surface area (Å²) in [5.74, 6) is -5.87. The molecule has 7 heteroatoms. The lowest BCUT2D eigenvalue weighted by Crippen LogP contribution is -2.18. The summed E-state index contributed by atoms with van der Waals surface area (Å²) >= 11 is 0.922. The molecular formula is C14H10F3NO2S. The highest BCUT2D eigenvalue weighted by Crippen LogP contribution is 2.38. The number of carbonyl (C=O) groups is 1. The number of carbonyl (C=O) groups excluding carboxylic acids is 1. The van der Waals surface area contributed by atoms with Crippen LogP contribution in [-0.4, -0.2) is 15.9 Å². The lowest BCUT2D eigenvalue weighted by molar-refractivity contribution is 0.0917. The molecular weight excluding hydrogens is 303 g/mol. The number of halogens is 3. The van der Waals surface area contributed by atoms with Gasteiger partial charge in [0, 0.05) is 5.92 Å². The molecule has 1 aliphatic rings. The van der Waals surface area contributed by atoms with Crippen LogP contribution in [0.3, 0.4) is 0 Å². The molecule has 0 bridgehead atoms. The van der Waals surface area contributed by atoms with Crippen LogP contribution < -0.4 is 0 Å². The van der Waals surface area contributed by atoms with Crippen molar-refractivity contribution in [3.63, 3.8) is 0 Å². The fourth-order valence-electron chi connectivity index (χ4n) is 2.28. The molecule has 0 radical (unpaired) electrons. The largest absolute Gasteiger partial charge is 0.503 e. The summed E-state index contributed by atoms with van der Waals surface area (Å²) in [6.45, 7) is 1.80. The van der Waals surface area contributed by atoms with Crippen LogP contribution in [0.2, 0.25) is 0 Å². The number of phenolic OH excluding ortho intramolecular Hbond substituents is 1. The van der Waals surface area contributed by atoms with Gasteiger partial charge in [-0.3, -0.25) is 4.79 Å². The molecule has 1 unspecified atom stereocenters. The molecule has 21 heavy (non-hydrogen) atoms. The number of hydrogen-bond donors (Lipinski definition) is 1. The fraction of sp³-hybridized carbons (Fsp3) is 0.286. The minimum absolute atomic E-state index is 0.0396. The van der Waals surface area contributed by atoms with Gasteiger partial charge in [0.2, 0.25) is 5.82 Å². The average Bonchev–Trinajstić information content (AvgIpc) is 2.89. The number of thiazole rings is 1. The Hall–Kier alpha value is -1.89. The Morgan fingerprint density at radius 2 is 2.05 bits per heavy atom. The summed E-state index contributed by atoms with van der Waals surface area (Å²) in [7, 11) is 0. The van der Waals surface area contributed by atoms with Crippen LogP contribution >= 0.6 is 11.3 Å². The highest BCUT2D eigenvalue weighted by Gasteiger charge is 2.29. The summed E-state index contributed by atoms with van der Waals surface area (Å²) in [6, 6.07) is 0.686. The number of fused-ring (bicyclic) bond motifs is 1. The van der Waals surface area contributed by atoms with E-state index in [0.29, 0.717) is 29.5 Å². The second-order valence-corrected chi connectivity index (χ2v) is 5.98. The van der Waals surface area contributed by atoms with Gasteiger partial charge in [-0.05, 0) is 18.9 Å². The molecule has 1 aliphatic carbocycles. The van der Waals surface area contributed by atoms with Crippen molar-refractivity contribution in [3.05, 3.63) is 34.1 Å². The topological polar surface area (TPSA) is 50.2 Å². The van der Waals surface area contributed by atoms with Crippen LogP contribution in [0.1, 0.15) is 28.7 Å². The van der Waals surface area contributed by atoms with E-state index >= 15 is 0 Å². The van der Waals surface area contributed by atoms with Crippen molar-refractivity contribution < 1.29 is 23.1 Å². The minimum atomic E-state index is -1.65. The van der Waals surface area contributed by atoms with E-state index in [1.165, 1.54) is 0 Å². The van der Waals surface area contributed by atoms with Crippen LogP contribution in [0.5, 0.6) is 5.75 Å². The van der Waals surface area contributed by atoms with Crippen molar-refractivity contribution in [2.24, 2.45) is 5.92 Å². The van der Waals surface area contributed by atoms with Crippen molar-refractivity contribution in [3.8, 4) is 16.3 Å². The van der Waals surface area contributed by atoms with E-state index < -0.39 is 23.2 Å². The van der Waals surface area contributed by atoms with Crippen molar-refractivity contribution in [1.82, 2.24) is 4.98 Å². The molecule has 1 heterocycles. The van der Waals surface area contributed by atoms with Gasteiger partial charge in [-0.1, -0.05) is 6.92 Å². The number of benzene rings is 1. The third-order valence-electron chi connectivity index (χ3n) is 3.55. The summed E-state index contributed by atoms with van der Waals surface area (Å²) in [4.78, 5) is 16.6. The summed E-state index contributed by atoms with van der Waals surface area (Å²) in [5, 5.41) is 9.08. The maximum atomic E-state index is 13.8. The minimum Gasteiger partial charge on any atom is -0.503 e. The van der Waals surface area contributed by atoms with Gasteiger partial charge in [0.15, 0.2) is 23.2 Å². The molecule has 0 saturated heterocycles. The maximum absolute atomic E-state index is 13.8. The fourth-order valence-corrected chi connectivity index (χ4v) is 3.45. The van der Waals surface area contributed by atoms with E-state index in [-0.39, 0.29) is 22.3 Å². The Morgan fingerprint density at radius 1 is 1.33 bits per heavy atom. The number of rotatable bonds is 1. The van der Waals surface area contributed by atoms with Crippen LogP contribution in [0.4, 0.5) is 13.2 Å². The van der Waals surface area contributed by atoms with Gasteiger partial charge in [0.1, 0.15) is 5.01 Å². The van der Waals surface area contributed by atoms with E-state index in [9.17, 15) is 18.0 Å². The Labute approximate surface area is 122 Å². The molecule has 3 nitrogen and oxygen atoms in total. The van der Waals surface area contributed by atoms with Crippen molar-refractivity contribution >= 4 is 17.1 Å². The second-order valence-electron chi connectivity index (χ2n) is 4.98. The second kappa shape index (κ2) is 4.84. The smallest absolute Gasteiger partial charge is 0.204 e. The average molecular weight is 313 g/mol. The SMILES string of the molecule is CC1CCc2nc(-c3cc(F)c(O)c(F)c3F)sc2C1=O. The first-order valence-electron chi connectivity index (χ1n) is 6.31. The number of nitrogens with zero attached hydrogens (tertiary/aromatic N) is 1. The van der Waals surface area contributed by atoms with Gasteiger partial charge < -0.3 is 5.11 Å². The van der Waals surface area contributed by atoms with Crippen LogP contribution in [0.25, 0.3) is 10.6 Å². The predicted octanol–water partition coefficient (Wildman–Crippen LogP) is 3.70. The molecule has 3 rings (SSSR count). The van der Waals surface area contributed by atoms with Gasteiger partial charge >= 0.3 is 0 Å². The number of phenols is 1. The molecule has 2 aromatic rings. The van der Waals surface area contributed by atoms with Gasteiger partial charge in [-0.2, -0.15) is 4.39 Å². The Balaban J connectivity index is 2.15. The standard InChI is InChI=1S/C14H10F3NO2S/c1-5-2-3-8-13(11(5)19)21-14(18-8)6-4-7(15)12(20)10(17)9(6)16/h4-5,20H,2-3H2,1H3. The normalized spacial score (nSPS) is 17.9. The van der Waals surface area contributed by atoms with Crippen LogP contribution in [-0.2, 0) is 6.42 Å². The molecule has 0 fully saturated rings.